The third-order valence-corrected chi connectivity index (χ3v) is 3.60. The number of nitrogens with two attached hydrogens (primary N) is 1. The molecule has 1 atom stereocenters. The first kappa shape index (κ1) is 17.9. The van der Waals surface area contributed by atoms with Crippen LogP contribution in [-0.2, 0) is 6.61 Å². The predicted molar refractivity (Wildman–Crippen MR) is 93.7 cm³/mol. The zero-order chi connectivity index (χ0) is 17.2. The largest absolute Gasteiger partial charge is 0.482 e. The number of unbranched alkanes of at least 4 members (excludes halogenated alkanes) is 1. The van der Waals surface area contributed by atoms with Crippen molar-refractivity contribution in [3.05, 3.63) is 36.3 Å². The number of nitrogens with zero attached hydrogens (tertiary/aromatic N) is 3. The molecule has 0 aliphatic carbocycles. The molecule has 0 unspecified atom stereocenters. The molecule has 7 heteroatoms. The van der Waals surface area contributed by atoms with Gasteiger partial charge in [-0.1, -0.05) is 25.8 Å². The molecule has 0 aliphatic heterocycles. The SMILES string of the molecule is CCCC[C@@H](CCO)Nc1nc(N)ncc1OCc1ccccn1. The average Bonchev–Trinajstić information content (AvgIpc) is 2.60. The smallest absolute Gasteiger partial charge is 0.222 e. The molecule has 0 bridgehead atoms. The van der Waals surface area contributed by atoms with Gasteiger partial charge in [-0.2, -0.15) is 4.98 Å². The lowest BCUT2D eigenvalue weighted by Crippen LogP contribution is -2.22. The van der Waals surface area contributed by atoms with Crippen molar-refractivity contribution in [1.82, 2.24) is 15.0 Å². The summed E-state index contributed by atoms with van der Waals surface area (Å²) in [7, 11) is 0. The van der Waals surface area contributed by atoms with E-state index >= 15 is 0 Å². The maximum Gasteiger partial charge on any atom is 0.222 e. The zero-order valence-electron chi connectivity index (χ0n) is 14.0. The molecule has 0 amide bonds. The summed E-state index contributed by atoms with van der Waals surface area (Å²) in [5, 5.41) is 12.6. The quantitative estimate of drug-likeness (QED) is 0.613. The van der Waals surface area contributed by atoms with Gasteiger partial charge in [0.05, 0.1) is 11.9 Å². The molecule has 0 spiro atoms. The molecule has 24 heavy (non-hydrogen) atoms. The minimum atomic E-state index is 0.112. The molecule has 0 aromatic carbocycles. The van der Waals surface area contributed by atoms with Crippen molar-refractivity contribution in [2.45, 2.75) is 45.3 Å². The highest BCUT2D eigenvalue weighted by atomic mass is 16.5. The zero-order valence-corrected chi connectivity index (χ0v) is 14.0. The first-order valence-electron chi connectivity index (χ1n) is 8.25. The maximum atomic E-state index is 9.25. The summed E-state index contributed by atoms with van der Waals surface area (Å²) in [5.41, 5.74) is 6.52. The van der Waals surface area contributed by atoms with Crippen molar-refractivity contribution in [3.63, 3.8) is 0 Å². The van der Waals surface area contributed by atoms with Gasteiger partial charge in [-0.25, -0.2) is 4.98 Å². The first-order valence-corrected chi connectivity index (χ1v) is 8.25. The van der Waals surface area contributed by atoms with Gasteiger partial charge in [0.25, 0.3) is 0 Å². The van der Waals surface area contributed by atoms with E-state index in [-0.39, 0.29) is 18.6 Å². The lowest BCUT2D eigenvalue weighted by Gasteiger charge is -2.20. The van der Waals surface area contributed by atoms with Crippen LogP contribution in [0.4, 0.5) is 11.8 Å². The summed E-state index contributed by atoms with van der Waals surface area (Å²) in [6.07, 6.45) is 7.04. The molecule has 130 valence electrons. The summed E-state index contributed by atoms with van der Waals surface area (Å²) in [4.78, 5) is 12.5. The first-order chi connectivity index (χ1) is 11.7. The third-order valence-electron chi connectivity index (χ3n) is 3.60. The van der Waals surface area contributed by atoms with Crippen LogP contribution in [-0.4, -0.2) is 32.7 Å². The number of aliphatic hydroxyl groups excluding tert-OH is 1. The fourth-order valence-electron chi connectivity index (χ4n) is 2.32. The van der Waals surface area contributed by atoms with Crippen LogP contribution in [0.1, 0.15) is 38.3 Å². The van der Waals surface area contributed by atoms with Gasteiger partial charge in [0.15, 0.2) is 11.6 Å². The van der Waals surface area contributed by atoms with Crippen LogP contribution < -0.4 is 15.8 Å². The number of pyridine rings is 1. The van der Waals surface area contributed by atoms with Gasteiger partial charge in [-0.15, -0.1) is 0 Å². The van der Waals surface area contributed by atoms with Crippen LogP contribution in [0.5, 0.6) is 5.75 Å². The molecule has 0 radical (unpaired) electrons. The van der Waals surface area contributed by atoms with Crippen molar-refractivity contribution in [3.8, 4) is 5.75 Å². The van der Waals surface area contributed by atoms with E-state index in [0.717, 1.165) is 25.0 Å². The van der Waals surface area contributed by atoms with E-state index in [9.17, 15) is 5.11 Å². The molecule has 0 aliphatic rings. The molecule has 7 nitrogen and oxygen atoms in total. The summed E-state index contributed by atoms with van der Waals surface area (Å²) in [6.45, 7) is 2.58. The fraction of sp³-hybridized carbons (Fsp3) is 0.471. The van der Waals surface area contributed by atoms with Crippen molar-refractivity contribution in [2.24, 2.45) is 0 Å². The van der Waals surface area contributed by atoms with Crippen molar-refractivity contribution in [1.29, 1.82) is 0 Å². The van der Waals surface area contributed by atoms with Gasteiger partial charge < -0.3 is 20.9 Å². The Kier molecular flexibility index (Phi) is 7.22. The molecule has 2 heterocycles. The van der Waals surface area contributed by atoms with Gasteiger partial charge in [0.2, 0.25) is 5.95 Å². The number of hydrogen-bond donors (Lipinski definition) is 3. The van der Waals surface area contributed by atoms with Crippen molar-refractivity contribution < 1.29 is 9.84 Å². The van der Waals surface area contributed by atoms with E-state index in [2.05, 4.69) is 27.2 Å². The molecule has 2 rings (SSSR count). The Morgan fingerprint density at radius 1 is 1.29 bits per heavy atom. The van der Waals surface area contributed by atoms with E-state index in [1.54, 1.807) is 12.4 Å². The minimum absolute atomic E-state index is 0.112. The van der Waals surface area contributed by atoms with E-state index < -0.39 is 0 Å². The van der Waals surface area contributed by atoms with Gasteiger partial charge in [0.1, 0.15) is 6.61 Å². The summed E-state index contributed by atoms with van der Waals surface area (Å²) >= 11 is 0. The molecule has 2 aromatic rings. The van der Waals surface area contributed by atoms with Crippen molar-refractivity contribution >= 4 is 11.8 Å². The van der Waals surface area contributed by atoms with Crippen LogP contribution in [0.25, 0.3) is 0 Å². The molecule has 4 N–H and O–H groups in total. The number of nitrogen functional groups attached to an aromatic ring is 1. The average molecular weight is 331 g/mol. The molecule has 0 saturated carbocycles. The van der Waals surface area contributed by atoms with Gasteiger partial charge in [-0.3, -0.25) is 4.98 Å². The molecular weight excluding hydrogens is 306 g/mol. The number of hydrogen-bond acceptors (Lipinski definition) is 7. The number of rotatable bonds is 10. The summed E-state index contributed by atoms with van der Waals surface area (Å²) < 4.78 is 5.79. The monoisotopic (exact) mass is 331 g/mol. The van der Waals surface area contributed by atoms with E-state index in [1.807, 2.05) is 18.2 Å². The van der Waals surface area contributed by atoms with Crippen LogP contribution >= 0.6 is 0 Å². The number of nitrogens with one attached hydrogen (secondary N) is 1. The Hall–Kier alpha value is -2.41. The fourth-order valence-corrected chi connectivity index (χ4v) is 2.32. The standard InChI is InChI=1S/C17H25N5O2/c1-2-3-6-13(8-10-23)21-16-15(11-20-17(18)22-16)24-12-14-7-4-5-9-19-14/h4-5,7,9,11,13,23H,2-3,6,8,10,12H2,1H3,(H3,18,20,21,22)/t13-/m0/s1. The second kappa shape index (κ2) is 9.67. The Morgan fingerprint density at radius 2 is 2.17 bits per heavy atom. The highest BCUT2D eigenvalue weighted by molar-refractivity contribution is 5.51. The molecular formula is C17H25N5O2. The minimum Gasteiger partial charge on any atom is -0.482 e. The predicted octanol–water partition coefficient (Wildman–Crippen LogP) is 2.39. The third kappa shape index (κ3) is 5.66. The summed E-state index contributed by atoms with van der Waals surface area (Å²) in [5.74, 6) is 1.25. The van der Waals surface area contributed by atoms with Crippen LogP contribution in [0.2, 0.25) is 0 Å². The lowest BCUT2D eigenvalue weighted by atomic mass is 10.1. The maximum absolute atomic E-state index is 9.25. The number of aliphatic hydroxyl groups is 1. The number of ether oxygens (including phenoxy) is 1. The highest BCUT2D eigenvalue weighted by Crippen LogP contribution is 2.24. The van der Waals surface area contributed by atoms with E-state index in [4.69, 9.17) is 10.5 Å². The Bertz CT molecular complexity index is 609. The van der Waals surface area contributed by atoms with Gasteiger partial charge in [-0.05, 0) is 25.0 Å². The molecule has 0 fully saturated rings. The number of aromatic nitrogens is 3. The van der Waals surface area contributed by atoms with E-state index in [1.165, 1.54) is 0 Å². The molecule has 0 saturated heterocycles. The van der Waals surface area contributed by atoms with Gasteiger partial charge >= 0.3 is 0 Å². The van der Waals surface area contributed by atoms with Crippen molar-refractivity contribution in [2.75, 3.05) is 17.7 Å². The van der Waals surface area contributed by atoms with Crippen LogP contribution in [0.15, 0.2) is 30.6 Å². The summed E-state index contributed by atoms with van der Waals surface area (Å²) in [6, 6.07) is 5.77. The lowest BCUT2D eigenvalue weighted by molar-refractivity contribution is 0.275. The second-order valence-electron chi connectivity index (χ2n) is 5.55. The number of anilines is 2. The second-order valence-corrected chi connectivity index (χ2v) is 5.55. The topological polar surface area (TPSA) is 106 Å². The van der Waals surface area contributed by atoms with Gasteiger partial charge in [0, 0.05) is 18.8 Å². The highest BCUT2D eigenvalue weighted by Gasteiger charge is 2.14. The van der Waals surface area contributed by atoms with E-state index in [0.29, 0.717) is 24.6 Å². The Morgan fingerprint density at radius 3 is 2.88 bits per heavy atom. The molecule has 2 aromatic heterocycles. The van der Waals surface area contributed by atoms with Crippen LogP contribution in [0, 0.1) is 0 Å². The Balaban J connectivity index is 2.08. The van der Waals surface area contributed by atoms with Crippen LogP contribution in [0.3, 0.4) is 0 Å². The Labute approximate surface area is 142 Å². The normalized spacial score (nSPS) is 11.9.